The predicted octanol–water partition coefficient (Wildman–Crippen LogP) is 0.0691. The van der Waals surface area contributed by atoms with Crippen LogP contribution in [0.25, 0.3) is 10.8 Å². The minimum atomic E-state index is -1.33. The van der Waals surface area contributed by atoms with Crippen molar-refractivity contribution in [1.29, 1.82) is 0 Å². The Bertz CT molecular complexity index is 994. The number of hydrogen-bond acceptors (Lipinski definition) is 5. The maximum atomic E-state index is 12.7. The van der Waals surface area contributed by atoms with E-state index in [1.165, 1.54) is 0 Å². The number of carbonyl (C=O) groups is 4. The fourth-order valence-corrected chi connectivity index (χ4v) is 3.87. The highest BCUT2D eigenvalue weighted by Crippen LogP contribution is 2.18. The average Bonchev–Trinajstić information content (AvgIpc) is 2.80. The highest BCUT2D eigenvalue weighted by atomic mass is 16.2. The first kappa shape index (κ1) is 24.2. The quantitative estimate of drug-likeness (QED) is 0.486. The smallest absolute Gasteiger partial charge is 0.252 e. The van der Waals surface area contributed by atoms with E-state index in [1.807, 2.05) is 42.5 Å². The normalized spacial score (nSPS) is 17.3. The molecule has 1 saturated heterocycles. The summed E-state index contributed by atoms with van der Waals surface area (Å²) in [5.74, 6) is -1.74. The number of nitrogens with two attached hydrogens (primary N) is 1. The lowest BCUT2D eigenvalue weighted by atomic mass is 10.0. The second kappa shape index (κ2) is 11.4. The molecule has 0 bridgehead atoms. The van der Waals surface area contributed by atoms with Crippen LogP contribution in [0.3, 0.4) is 0 Å². The molecule has 1 aliphatic rings. The fourth-order valence-electron chi connectivity index (χ4n) is 3.87. The predicted molar refractivity (Wildman–Crippen MR) is 125 cm³/mol. The number of benzene rings is 2. The zero-order chi connectivity index (χ0) is 23.8. The summed E-state index contributed by atoms with van der Waals surface area (Å²) in [6.07, 6.45) is 1.08. The van der Waals surface area contributed by atoms with Gasteiger partial charge in [-0.05, 0) is 36.1 Å². The highest BCUT2D eigenvalue weighted by molar-refractivity contribution is 6.07. The Morgan fingerprint density at radius 1 is 1.03 bits per heavy atom. The first-order chi connectivity index (χ1) is 15.9. The standard InChI is InChI=1S/C24H31N5O4/c1-16(25)24(33)29-13-5-11-26-22(31)21(23(32)27-12-6-14-29)28-20(30)15-18-9-4-8-17-7-2-3-10-19(17)18/h2-4,7-10,16,21H,5-6,11-15,25H2,1H3,(H,26,31)(H,27,32)(H,28,30). The molecule has 5 N–H and O–H groups in total. The molecule has 1 atom stereocenters. The van der Waals surface area contributed by atoms with Crippen molar-refractivity contribution in [2.24, 2.45) is 5.73 Å². The fraction of sp³-hybridized carbons (Fsp3) is 0.417. The Balaban J connectivity index is 1.64. The van der Waals surface area contributed by atoms with Crippen LogP contribution in [0.1, 0.15) is 25.3 Å². The molecule has 2 aromatic rings. The van der Waals surface area contributed by atoms with Gasteiger partial charge in [-0.2, -0.15) is 0 Å². The molecule has 0 radical (unpaired) electrons. The van der Waals surface area contributed by atoms with E-state index in [0.717, 1.165) is 16.3 Å². The van der Waals surface area contributed by atoms with Crippen molar-refractivity contribution in [3.8, 4) is 0 Å². The lowest BCUT2D eigenvalue weighted by Gasteiger charge is -2.26. The highest BCUT2D eigenvalue weighted by Gasteiger charge is 2.29. The molecule has 1 aliphatic heterocycles. The maximum Gasteiger partial charge on any atom is 0.252 e. The van der Waals surface area contributed by atoms with Gasteiger partial charge in [0.15, 0.2) is 6.04 Å². The molecule has 2 aromatic carbocycles. The van der Waals surface area contributed by atoms with Crippen LogP contribution in [0.15, 0.2) is 42.5 Å². The molecule has 1 unspecified atom stereocenters. The van der Waals surface area contributed by atoms with Gasteiger partial charge in [0.25, 0.3) is 11.8 Å². The number of hydrogen-bond donors (Lipinski definition) is 4. The van der Waals surface area contributed by atoms with Gasteiger partial charge < -0.3 is 26.6 Å². The Kier molecular flexibility index (Phi) is 8.37. The molecule has 9 nitrogen and oxygen atoms in total. The van der Waals surface area contributed by atoms with Crippen molar-refractivity contribution in [2.75, 3.05) is 26.2 Å². The van der Waals surface area contributed by atoms with Crippen LogP contribution in [0, 0.1) is 0 Å². The first-order valence-electron chi connectivity index (χ1n) is 11.2. The Morgan fingerprint density at radius 3 is 2.27 bits per heavy atom. The SMILES string of the molecule is CC(N)C(=O)N1CCCNC(=O)C(NC(=O)Cc2cccc3ccccc23)C(=O)NCCC1. The minimum absolute atomic E-state index is 0.0484. The van der Waals surface area contributed by atoms with Gasteiger partial charge in [-0.15, -0.1) is 0 Å². The van der Waals surface area contributed by atoms with E-state index < -0.39 is 29.8 Å². The molecule has 0 aromatic heterocycles. The van der Waals surface area contributed by atoms with E-state index in [2.05, 4.69) is 16.0 Å². The summed E-state index contributed by atoms with van der Waals surface area (Å²) in [6.45, 7) is 3.07. The van der Waals surface area contributed by atoms with E-state index in [9.17, 15) is 19.2 Å². The van der Waals surface area contributed by atoms with Gasteiger partial charge in [0, 0.05) is 26.2 Å². The van der Waals surface area contributed by atoms with Crippen molar-refractivity contribution in [1.82, 2.24) is 20.9 Å². The summed E-state index contributed by atoms with van der Waals surface area (Å²) >= 11 is 0. The number of fused-ring (bicyclic) bond motifs is 1. The molecule has 176 valence electrons. The third-order valence-corrected chi connectivity index (χ3v) is 5.57. The van der Waals surface area contributed by atoms with Crippen LogP contribution in [0.5, 0.6) is 0 Å². The topological polar surface area (TPSA) is 134 Å². The molecular weight excluding hydrogens is 422 g/mol. The molecule has 1 fully saturated rings. The van der Waals surface area contributed by atoms with Crippen LogP contribution >= 0.6 is 0 Å². The number of rotatable bonds is 4. The number of carbonyl (C=O) groups excluding carboxylic acids is 4. The third-order valence-electron chi connectivity index (χ3n) is 5.57. The van der Waals surface area contributed by atoms with Crippen LogP contribution in [0.2, 0.25) is 0 Å². The molecule has 4 amide bonds. The maximum absolute atomic E-state index is 12.7. The number of amides is 4. The molecule has 0 aliphatic carbocycles. The van der Waals surface area contributed by atoms with Gasteiger partial charge in [-0.1, -0.05) is 42.5 Å². The molecule has 3 rings (SSSR count). The molecule has 0 spiro atoms. The third kappa shape index (κ3) is 6.52. The van der Waals surface area contributed by atoms with Gasteiger partial charge in [0.1, 0.15) is 0 Å². The largest absolute Gasteiger partial charge is 0.354 e. The van der Waals surface area contributed by atoms with Gasteiger partial charge in [-0.3, -0.25) is 19.2 Å². The van der Waals surface area contributed by atoms with Gasteiger partial charge >= 0.3 is 0 Å². The number of nitrogens with zero attached hydrogens (tertiary/aromatic N) is 1. The van der Waals surface area contributed by atoms with Crippen LogP contribution in [-0.4, -0.2) is 66.8 Å². The van der Waals surface area contributed by atoms with Crippen LogP contribution in [-0.2, 0) is 25.6 Å². The zero-order valence-corrected chi connectivity index (χ0v) is 18.8. The lowest BCUT2D eigenvalue weighted by Crippen LogP contribution is -2.56. The first-order valence-corrected chi connectivity index (χ1v) is 11.2. The lowest BCUT2D eigenvalue weighted by molar-refractivity contribution is -0.136. The van der Waals surface area contributed by atoms with E-state index in [-0.39, 0.29) is 25.4 Å². The summed E-state index contributed by atoms with van der Waals surface area (Å²) in [4.78, 5) is 52.0. The summed E-state index contributed by atoms with van der Waals surface area (Å²) in [7, 11) is 0. The second-order valence-electron chi connectivity index (χ2n) is 8.22. The summed E-state index contributed by atoms with van der Waals surface area (Å²) in [5.41, 5.74) is 6.52. The van der Waals surface area contributed by atoms with E-state index in [1.54, 1.807) is 11.8 Å². The molecule has 33 heavy (non-hydrogen) atoms. The minimum Gasteiger partial charge on any atom is -0.354 e. The summed E-state index contributed by atoms with van der Waals surface area (Å²) in [6, 6.07) is 11.5. The molecular formula is C24H31N5O4. The summed E-state index contributed by atoms with van der Waals surface area (Å²) < 4.78 is 0. The average molecular weight is 454 g/mol. The Labute approximate surface area is 193 Å². The van der Waals surface area contributed by atoms with Crippen molar-refractivity contribution in [3.63, 3.8) is 0 Å². The molecule has 0 saturated carbocycles. The van der Waals surface area contributed by atoms with Crippen molar-refractivity contribution < 1.29 is 19.2 Å². The Hall–Kier alpha value is -3.46. The van der Waals surface area contributed by atoms with Crippen LogP contribution < -0.4 is 21.7 Å². The monoisotopic (exact) mass is 453 g/mol. The van der Waals surface area contributed by atoms with E-state index in [4.69, 9.17) is 5.73 Å². The van der Waals surface area contributed by atoms with E-state index >= 15 is 0 Å². The van der Waals surface area contributed by atoms with Crippen LogP contribution in [0.4, 0.5) is 0 Å². The van der Waals surface area contributed by atoms with Gasteiger partial charge in [0.2, 0.25) is 11.8 Å². The van der Waals surface area contributed by atoms with Gasteiger partial charge in [-0.25, -0.2) is 0 Å². The zero-order valence-electron chi connectivity index (χ0n) is 18.8. The van der Waals surface area contributed by atoms with Gasteiger partial charge in [0.05, 0.1) is 12.5 Å². The van der Waals surface area contributed by atoms with Crippen molar-refractivity contribution in [3.05, 3.63) is 48.0 Å². The Morgan fingerprint density at radius 2 is 1.64 bits per heavy atom. The van der Waals surface area contributed by atoms with Crippen molar-refractivity contribution >= 4 is 34.4 Å². The number of nitrogens with one attached hydrogen (secondary N) is 3. The van der Waals surface area contributed by atoms with E-state index in [0.29, 0.717) is 25.9 Å². The summed E-state index contributed by atoms with van der Waals surface area (Å²) in [5, 5.41) is 9.92. The molecule has 9 heteroatoms. The molecule has 1 heterocycles. The second-order valence-corrected chi connectivity index (χ2v) is 8.22. The van der Waals surface area contributed by atoms with Crippen molar-refractivity contribution in [2.45, 2.75) is 38.3 Å².